The Bertz CT molecular complexity index is 739. The number of aryl methyl sites for hydroxylation is 1. The topological polar surface area (TPSA) is 91.7 Å². The quantitative estimate of drug-likeness (QED) is 0.839. The lowest BCUT2D eigenvalue weighted by atomic mass is 10.2. The Balaban J connectivity index is 2.28. The molecule has 1 heterocycles. The maximum absolute atomic E-state index is 12.4. The first-order valence-electron chi connectivity index (χ1n) is 6.65. The number of hydrogen-bond donors (Lipinski definition) is 1. The molecule has 8 nitrogen and oxygen atoms in total. The summed E-state index contributed by atoms with van der Waals surface area (Å²) in [5.41, 5.74) is 0.766. The largest absolute Gasteiger partial charge is 0.493 e. The van der Waals surface area contributed by atoms with Gasteiger partial charge in [-0.3, -0.25) is 9.48 Å². The molecule has 1 N–H and O–H groups in total. The molecule has 0 atom stereocenters. The zero-order valence-electron chi connectivity index (χ0n) is 13.2. The molecule has 1 aromatic heterocycles. The maximum Gasteiger partial charge on any atom is 0.358 e. The van der Waals surface area contributed by atoms with Crippen molar-refractivity contribution in [2.75, 3.05) is 26.6 Å². The molecular formula is C15H17N3O5. The molecule has 1 amide bonds. The van der Waals surface area contributed by atoms with Crippen LogP contribution in [0.25, 0.3) is 0 Å². The second-order valence-corrected chi connectivity index (χ2v) is 4.55. The summed E-state index contributed by atoms with van der Waals surface area (Å²) < 4.78 is 16.3. The van der Waals surface area contributed by atoms with Crippen molar-refractivity contribution in [1.82, 2.24) is 9.78 Å². The Morgan fingerprint density at radius 1 is 1.13 bits per heavy atom. The normalized spacial score (nSPS) is 10.1. The van der Waals surface area contributed by atoms with Gasteiger partial charge in [-0.15, -0.1) is 0 Å². The number of aromatic nitrogens is 2. The molecule has 2 rings (SSSR count). The van der Waals surface area contributed by atoms with Gasteiger partial charge in [0.25, 0.3) is 5.91 Å². The first-order valence-corrected chi connectivity index (χ1v) is 6.65. The molecule has 23 heavy (non-hydrogen) atoms. The molecule has 1 aromatic carbocycles. The first kappa shape index (κ1) is 16.3. The van der Waals surface area contributed by atoms with Crippen LogP contribution in [0, 0.1) is 0 Å². The highest BCUT2D eigenvalue weighted by atomic mass is 16.5. The molecule has 0 bridgehead atoms. The molecule has 0 spiro atoms. The van der Waals surface area contributed by atoms with Gasteiger partial charge in [0.05, 0.1) is 33.2 Å². The van der Waals surface area contributed by atoms with Crippen LogP contribution in [0.5, 0.6) is 11.5 Å². The van der Waals surface area contributed by atoms with Gasteiger partial charge in [0.2, 0.25) is 0 Å². The highest BCUT2D eigenvalue weighted by molar-refractivity contribution is 6.07. The fourth-order valence-corrected chi connectivity index (χ4v) is 2.04. The van der Waals surface area contributed by atoms with Gasteiger partial charge in [0.1, 0.15) is 0 Å². The Kier molecular flexibility index (Phi) is 4.85. The number of esters is 1. The van der Waals surface area contributed by atoms with Crippen LogP contribution in [-0.4, -0.2) is 43.0 Å². The summed E-state index contributed by atoms with van der Waals surface area (Å²) in [6.07, 6.45) is 1.38. The van der Waals surface area contributed by atoms with Gasteiger partial charge in [-0.05, 0) is 18.2 Å². The number of anilines is 1. The van der Waals surface area contributed by atoms with Gasteiger partial charge in [0.15, 0.2) is 17.2 Å². The van der Waals surface area contributed by atoms with Crippen molar-refractivity contribution in [2.45, 2.75) is 0 Å². The highest BCUT2D eigenvalue weighted by Crippen LogP contribution is 2.28. The first-order chi connectivity index (χ1) is 11.0. The van der Waals surface area contributed by atoms with Gasteiger partial charge in [0, 0.05) is 12.6 Å². The van der Waals surface area contributed by atoms with E-state index in [2.05, 4.69) is 15.2 Å². The van der Waals surface area contributed by atoms with E-state index in [9.17, 15) is 9.59 Å². The van der Waals surface area contributed by atoms with Crippen molar-refractivity contribution < 1.29 is 23.8 Å². The van der Waals surface area contributed by atoms with Gasteiger partial charge >= 0.3 is 5.97 Å². The van der Waals surface area contributed by atoms with Crippen LogP contribution in [0.15, 0.2) is 24.4 Å². The average molecular weight is 319 g/mol. The number of carbonyl (C=O) groups is 2. The second-order valence-electron chi connectivity index (χ2n) is 4.55. The number of nitrogens with one attached hydrogen (secondary N) is 1. The standard InChI is InChI=1S/C15H17N3O5/c1-18-13(15(20)23-4)10(8-16-18)17-14(19)9-5-6-11(21-2)12(7-9)22-3/h5-8H,1-4H3,(H,17,19). The molecule has 0 unspecified atom stereocenters. The highest BCUT2D eigenvalue weighted by Gasteiger charge is 2.20. The van der Waals surface area contributed by atoms with Crippen LogP contribution >= 0.6 is 0 Å². The smallest absolute Gasteiger partial charge is 0.358 e. The lowest BCUT2D eigenvalue weighted by Crippen LogP contribution is -2.16. The van der Waals surface area contributed by atoms with E-state index in [1.54, 1.807) is 25.2 Å². The summed E-state index contributed by atoms with van der Waals surface area (Å²) in [6, 6.07) is 4.76. The zero-order chi connectivity index (χ0) is 17.0. The van der Waals surface area contributed by atoms with E-state index < -0.39 is 11.9 Å². The van der Waals surface area contributed by atoms with Crippen molar-refractivity contribution in [3.63, 3.8) is 0 Å². The number of benzene rings is 1. The summed E-state index contributed by atoms with van der Waals surface area (Å²) in [5, 5.41) is 6.58. The number of carbonyl (C=O) groups excluding carboxylic acids is 2. The van der Waals surface area contributed by atoms with Crippen LogP contribution < -0.4 is 14.8 Å². The average Bonchev–Trinajstić information content (AvgIpc) is 2.93. The molecule has 0 aliphatic heterocycles. The lowest BCUT2D eigenvalue weighted by molar-refractivity contribution is 0.0589. The van der Waals surface area contributed by atoms with Crippen LogP contribution in [0.3, 0.4) is 0 Å². The monoisotopic (exact) mass is 319 g/mol. The predicted octanol–water partition coefficient (Wildman–Crippen LogP) is 1.48. The molecule has 8 heteroatoms. The summed E-state index contributed by atoms with van der Waals surface area (Å²) >= 11 is 0. The van der Waals surface area contributed by atoms with E-state index in [-0.39, 0.29) is 11.4 Å². The van der Waals surface area contributed by atoms with Gasteiger partial charge < -0.3 is 19.5 Å². The second kappa shape index (κ2) is 6.82. The third-order valence-corrected chi connectivity index (χ3v) is 3.21. The fraction of sp³-hybridized carbons (Fsp3) is 0.267. The van der Waals surface area contributed by atoms with E-state index >= 15 is 0 Å². The molecule has 0 fully saturated rings. The Hall–Kier alpha value is -3.03. The van der Waals surface area contributed by atoms with Crippen molar-refractivity contribution in [3.8, 4) is 11.5 Å². The molecule has 0 saturated carbocycles. The minimum absolute atomic E-state index is 0.154. The Morgan fingerprint density at radius 2 is 1.83 bits per heavy atom. The number of nitrogens with zero attached hydrogens (tertiary/aromatic N) is 2. The van der Waals surface area contributed by atoms with E-state index in [1.165, 1.54) is 32.2 Å². The lowest BCUT2D eigenvalue weighted by Gasteiger charge is -2.10. The number of rotatable bonds is 5. The molecular weight excluding hydrogens is 302 g/mol. The molecule has 0 aliphatic carbocycles. The van der Waals surface area contributed by atoms with Crippen LogP contribution in [0.2, 0.25) is 0 Å². The molecule has 0 radical (unpaired) electrons. The van der Waals surface area contributed by atoms with E-state index in [4.69, 9.17) is 9.47 Å². The van der Waals surface area contributed by atoms with Crippen molar-refractivity contribution >= 4 is 17.6 Å². The minimum atomic E-state index is -0.590. The summed E-state index contributed by atoms with van der Waals surface area (Å²) in [4.78, 5) is 24.1. The van der Waals surface area contributed by atoms with Crippen LogP contribution in [0.1, 0.15) is 20.8 Å². The molecule has 0 saturated heterocycles. The van der Waals surface area contributed by atoms with Crippen LogP contribution in [-0.2, 0) is 11.8 Å². The van der Waals surface area contributed by atoms with E-state index in [0.717, 1.165) is 0 Å². The zero-order valence-corrected chi connectivity index (χ0v) is 13.2. The molecule has 0 aliphatic rings. The number of amides is 1. The third kappa shape index (κ3) is 3.25. The SMILES string of the molecule is COC(=O)c1c(NC(=O)c2ccc(OC)c(OC)c2)cnn1C. The number of methoxy groups -OCH3 is 3. The molecule has 122 valence electrons. The fourth-order valence-electron chi connectivity index (χ4n) is 2.04. The van der Waals surface area contributed by atoms with Gasteiger partial charge in [-0.25, -0.2) is 4.79 Å². The van der Waals surface area contributed by atoms with Gasteiger partial charge in [-0.1, -0.05) is 0 Å². The Morgan fingerprint density at radius 3 is 2.43 bits per heavy atom. The summed E-state index contributed by atoms with van der Waals surface area (Å²) in [6.45, 7) is 0. The third-order valence-electron chi connectivity index (χ3n) is 3.21. The molecule has 2 aromatic rings. The number of ether oxygens (including phenoxy) is 3. The summed E-state index contributed by atoms with van der Waals surface area (Å²) in [5.74, 6) is -0.0584. The predicted molar refractivity (Wildman–Crippen MR) is 82.0 cm³/mol. The van der Waals surface area contributed by atoms with Crippen molar-refractivity contribution in [3.05, 3.63) is 35.7 Å². The number of hydrogen-bond acceptors (Lipinski definition) is 6. The Labute approximate surface area is 132 Å². The minimum Gasteiger partial charge on any atom is -0.493 e. The van der Waals surface area contributed by atoms with Crippen LogP contribution in [0.4, 0.5) is 5.69 Å². The van der Waals surface area contributed by atoms with E-state index in [0.29, 0.717) is 17.1 Å². The van der Waals surface area contributed by atoms with Crippen molar-refractivity contribution in [2.24, 2.45) is 7.05 Å². The summed E-state index contributed by atoms with van der Waals surface area (Å²) in [7, 11) is 5.83. The van der Waals surface area contributed by atoms with E-state index in [1.807, 2.05) is 0 Å². The maximum atomic E-state index is 12.4. The van der Waals surface area contributed by atoms with Crippen molar-refractivity contribution in [1.29, 1.82) is 0 Å². The van der Waals surface area contributed by atoms with Gasteiger partial charge in [-0.2, -0.15) is 5.10 Å².